The second kappa shape index (κ2) is 5.84. The van der Waals surface area contributed by atoms with Gasteiger partial charge in [-0.3, -0.25) is 5.10 Å². The van der Waals surface area contributed by atoms with E-state index in [2.05, 4.69) is 27.1 Å². The van der Waals surface area contributed by atoms with Gasteiger partial charge in [-0.2, -0.15) is 5.10 Å². The summed E-state index contributed by atoms with van der Waals surface area (Å²) in [5, 5.41) is 8.90. The van der Waals surface area contributed by atoms with Crippen LogP contribution < -0.4 is 0 Å². The maximum atomic E-state index is 4.29. The van der Waals surface area contributed by atoms with Crippen molar-refractivity contribution in [2.24, 2.45) is 0 Å². The third-order valence-electron chi connectivity index (χ3n) is 2.45. The average molecular weight is 236 g/mol. The van der Waals surface area contributed by atoms with Gasteiger partial charge in [0.1, 0.15) is 11.4 Å². The van der Waals surface area contributed by atoms with Gasteiger partial charge in [-0.15, -0.1) is 11.8 Å². The van der Waals surface area contributed by atoms with Crippen LogP contribution in [0.5, 0.6) is 0 Å². The number of hydrogen-bond acceptors (Lipinski definition) is 4. The predicted octanol–water partition coefficient (Wildman–Crippen LogP) is 3.03. The highest BCUT2D eigenvalue weighted by molar-refractivity contribution is 7.99. The molecule has 0 bridgehead atoms. The van der Waals surface area contributed by atoms with E-state index in [0.29, 0.717) is 0 Å². The van der Waals surface area contributed by atoms with Crippen LogP contribution in [0, 0.1) is 0 Å². The van der Waals surface area contributed by atoms with Gasteiger partial charge in [0.25, 0.3) is 0 Å². The Balaban J connectivity index is 1.91. The molecule has 5 heteroatoms. The van der Waals surface area contributed by atoms with Crippen molar-refractivity contribution in [1.29, 1.82) is 0 Å². The molecule has 0 unspecified atom stereocenters. The molecule has 2 aromatic rings. The van der Waals surface area contributed by atoms with Crippen molar-refractivity contribution in [2.45, 2.75) is 37.6 Å². The first-order chi connectivity index (χ1) is 7.92. The molecule has 2 aromatic heterocycles. The lowest BCUT2D eigenvalue weighted by molar-refractivity contribution is 0.706. The van der Waals surface area contributed by atoms with E-state index in [0.717, 1.165) is 21.8 Å². The summed E-state index contributed by atoms with van der Waals surface area (Å²) in [6, 6.07) is 0. The van der Waals surface area contributed by atoms with E-state index in [9.17, 15) is 0 Å². The van der Waals surface area contributed by atoms with Crippen LogP contribution in [0.15, 0.2) is 17.6 Å². The summed E-state index contributed by atoms with van der Waals surface area (Å²) in [6.07, 6.45) is 8.55. The van der Waals surface area contributed by atoms with Crippen LogP contribution in [0.3, 0.4) is 0 Å². The van der Waals surface area contributed by atoms with Gasteiger partial charge >= 0.3 is 0 Å². The molecular formula is C11H16N4S. The zero-order valence-corrected chi connectivity index (χ0v) is 10.3. The van der Waals surface area contributed by atoms with E-state index in [-0.39, 0.29) is 0 Å². The molecule has 0 aliphatic rings. The Morgan fingerprint density at radius 3 is 3.06 bits per heavy atom. The van der Waals surface area contributed by atoms with Crippen molar-refractivity contribution in [3.05, 3.63) is 12.5 Å². The van der Waals surface area contributed by atoms with Gasteiger partial charge in [0, 0.05) is 0 Å². The highest BCUT2D eigenvalue weighted by atomic mass is 32.2. The van der Waals surface area contributed by atoms with Gasteiger partial charge in [-0.05, 0) is 12.2 Å². The van der Waals surface area contributed by atoms with Crippen molar-refractivity contribution in [3.8, 4) is 0 Å². The molecule has 0 aliphatic carbocycles. The molecule has 86 valence electrons. The SMILES string of the molecule is CCCCCCSc1ncnc2[nH]ncc12. The summed E-state index contributed by atoms with van der Waals surface area (Å²) in [6.45, 7) is 2.23. The van der Waals surface area contributed by atoms with Crippen molar-refractivity contribution >= 4 is 22.8 Å². The number of aromatic amines is 1. The van der Waals surface area contributed by atoms with Crippen molar-refractivity contribution in [2.75, 3.05) is 5.75 Å². The van der Waals surface area contributed by atoms with Crippen LogP contribution in [0.1, 0.15) is 32.6 Å². The van der Waals surface area contributed by atoms with E-state index in [4.69, 9.17) is 0 Å². The average Bonchev–Trinajstić information content (AvgIpc) is 2.77. The monoisotopic (exact) mass is 236 g/mol. The third-order valence-corrected chi connectivity index (χ3v) is 3.54. The van der Waals surface area contributed by atoms with E-state index in [1.165, 1.54) is 25.7 Å². The Kier molecular flexibility index (Phi) is 4.16. The van der Waals surface area contributed by atoms with Crippen LogP contribution in [0.25, 0.3) is 11.0 Å². The Morgan fingerprint density at radius 1 is 1.25 bits per heavy atom. The number of nitrogens with zero attached hydrogens (tertiary/aromatic N) is 3. The topological polar surface area (TPSA) is 54.5 Å². The zero-order chi connectivity index (χ0) is 11.2. The molecule has 0 atom stereocenters. The Hall–Kier alpha value is -1.10. The lowest BCUT2D eigenvalue weighted by Crippen LogP contribution is -1.87. The summed E-state index contributed by atoms with van der Waals surface area (Å²) >= 11 is 1.79. The molecule has 0 spiro atoms. The second-order valence-corrected chi connectivity index (χ2v) is 4.80. The first-order valence-corrected chi connectivity index (χ1v) is 6.67. The first-order valence-electron chi connectivity index (χ1n) is 5.68. The maximum absolute atomic E-state index is 4.29. The van der Waals surface area contributed by atoms with Crippen LogP contribution >= 0.6 is 11.8 Å². The predicted molar refractivity (Wildman–Crippen MR) is 66.5 cm³/mol. The molecule has 1 N–H and O–H groups in total. The largest absolute Gasteiger partial charge is 0.261 e. The van der Waals surface area contributed by atoms with Crippen LogP contribution in [0.4, 0.5) is 0 Å². The lowest BCUT2D eigenvalue weighted by atomic mass is 10.2. The quantitative estimate of drug-likeness (QED) is 0.476. The number of fused-ring (bicyclic) bond motifs is 1. The Labute approximate surface area is 99.3 Å². The fraction of sp³-hybridized carbons (Fsp3) is 0.545. The number of unbranched alkanes of at least 4 members (excludes halogenated alkanes) is 3. The van der Waals surface area contributed by atoms with Gasteiger partial charge in [0.05, 0.1) is 11.6 Å². The molecule has 2 rings (SSSR count). The molecule has 0 saturated heterocycles. The molecule has 0 aliphatic heterocycles. The van der Waals surface area contributed by atoms with Gasteiger partial charge in [-0.1, -0.05) is 26.2 Å². The summed E-state index contributed by atoms with van der Waals surface area (Å²) in [4.78, 5) is 8.41. The number of hydrogen-bond donors (Lipinski definition) is 1. The van der Waals surface area contributed by atoms with E-state index in [1.54, 1.807) is 24.3 Å². The van der Waals surface area contributed by atoms with Gasteiger partial charge in [0.15, 0.2) is 5.65 Å². The van der Waals surface area contributed by atoms with Crippen LogP contribution in [-0.4, -0.2) is 25.9 Å². The molecule has 2 heterocycles. The van der Waals surface area contributed by atoms with E-state index >= 15 is 0 Å². The number of nitrogens with one attached hydrogen (secondary N) is 1. The molecule has 0 amide bonds. The molecule has 4 nitrogen and oxygen atoms in total. The van der Waals surface area contributed by atoms with Crippen LogP contribution in [0.2, 0.25) is 0 Å². The summed E-state index contributed by atoms with van der Waals surface area (Å²) < 4.78 is 0. The summed E-state index contributed by atoms with van der Waals surface area (Å²) in [7, 11) is 0. The fourth-order valence-electron chi connectivity index (χ4n) is 1.56. The molecule has 0 radical (unpaired) electrons. The number of rotatable bonds is 6. The van der Waals surface area contributed by atoms with Crippen molar-refractivity contribution in [3.63, 3.8) is 0 Å². The Morgan fingerprint density at radius 2 is 2.19 bits per heavy atom. The lowest BCUT2D eigenvalue weighted by Gasteiger charge is -2.01. The standard InChI is InChI=1S/C11H16N4S/c1-2-3-4-5-6-16-11-9-7-14-15-10(9)12-8-13-11/h7-8H,2-6H2,1H3,(H,12,13,14,15). The van der Waals surface area contributed by atoms with E-state index in [1.807, 2.05) is 0 Å². The minimum atomic E-state index is 0.825. The van der Waals surface area contributed by atoms with Gasteiger partial charge in [0.2, 0.25) is 0 Å². The van der Waals surface area contributed by atoms with Crippen LogP contribution in [-0.2, 0) is 0 Å². The smallest absolute Gasteiger partial charge is 0.159 e. The number of H-pyrrole nitrogens is 1. The van der Waals surface area contributed by atoms with Gasteiger partial charge < -0.3 is 0 Å². The van der Waals surface area contributed by atoms with E-state index < -0.39 is 0 Å². The highest BCUT2D eigenvalue weighted by Crippen LogP contribution is 2.23. The fourth-order valence-corrected chi connectivity index (χ4v) is 2.52. The molecular weight excluding hydrogens is 220 g/mol. The zero-order valence-electron chi connectivity index (χ0n) is 9.44. The molecule has 16 heavy (non-hydrogen) atoms. The number of aromatic nitrogens is 4. The second-order valence-electron chi connectivity index (χ2n) is 3.72. The maximum Gasteiger partial charge on any atom is 0.159 e. The normalized spacial score (nSPS) is 11.1. The molecule has 0 saturated carbocycles. The third kappa shape index (κ3) is 2.72. The van der Waals surface area contributed by atoms with Crippen molar-refractivity contribution in [1.82, 2.24) is 20.2 Å². The van der Waals surface area contributed by atoms with Crippen molar-refractivity contribution < 1.29 is 0 Å². The Bertz CT molecular complexity index is 440. The minimum Gasteiger partial charge on any atom is -0.261 e. The molecule has 0 aromatic carbocycles. The number of thioether (sulfide) groups is 1. The van der Waals surface area contributed by atoms with Gasteiger partial charge in [-0.25, -0.2) is 9.97 Å². The summed E-state index contributed by atoms with van der Waals surface area (Å²) in [5.41, 5.74) is 0.825. The minimum absolute atomic E-state index is 0.825. The highest BCUT2D eigenvalue weighted by Gasteiger charge is 2.04. The summed E-state index contributed by atoms with van der Waals surface area (Å²) in [5.74, 6) is 1.12. The first kappa shape index (κ1) is 11.4. The molecule has 0 fully saturated rings.